The van der Waals surface area contributed by atoms with Crippen molar-refractivity contribution < 1.29 is 14.3 Å². The molecule has 0 radical (unpaired) electrons. The molecule has 1 aromatic carbocycles. The molecule has 0 bridgehead atoms. The van der Waals surface area contributed by atoms with E-state index < -0.39 is 0 Å². The summed E-state index contributed by atoms with van der Waals surface area (Å²) in [5, 5.41) is 0. The zero-order valence-corrected chi connectivity index (χ0v) is 12.0. The molecule has 104 valence electrons. The van der Waals surface area contributed by atoms with Crippen molar-refractivity contribution in [1.29, 1.82) is 0 Å². The molecule has 0 saturated carbocycles. The Morgan fingerprint density at radius 2 is 2.11 bits per heavy atom. The number of aryl methyl sites for hydroxylation is 2. The van der Waals surface area contributed by atoms with Crippen molar-refractivity contribution in [2.45, 2.75) is 45.6 Å². The minimum absolute atomic E-state index is 0.100. The van der Waals surface area contributed by atoms with Crippen LogP contribution in [0.4, 0.5) is 0 Å². The van der Waals surface area contributed by atoms with Crippen LogP contribution in [0.3, 0.4) is 0 Å². The van der Waals surface area contributed by atoms with Crippen LogP contribution in [0.2, 0.25) is 0 Å². The zero-order valence-electron chi connectivity index (χ0n) is 12.0. The summed E-state index contributed by atoms with van der Waals surface area (Å²) in [6.45, 7) is 4.71. The first-order chi connectivity index (χ1) is 9.11. The fourth-order valence-corrected chi connectivity index (χ4v) is 2.60. The minimum Gasteiger partial charge on any atom is -0.496 e. The molecule has 1 aliphatic heterocycles. The van der Waals surface area contributed by atoms with Gasteiger partial charge in [-0.2, -0.15) is 0 Å². The Bertz CT molecular complexity index is 459. The zero-order chi connectivity index (χ0) is 13.8. The SMILES string of the molecule is COc1cc(C)c(C(=O)CC2CCCCO2)cc1C. The molecule has 1 aliphatic rings. The number of carbonyl (C=O) groups is 1. The van der Waals surface area contributed by atoms with Crippen LogP contribution in [0, 0.1) is 13.8 Å². The Labute approximate surface area is 114 Å². The van der Waals surface area contributed by atoms with E-state index in [1.807, 2.05) is 26.0 Å². The van der Waals surface area contributed by atoms with Gasteiger partial charge >= 0.3 is 0 Å². The number of Topliss-reactive ketones (excluding diaryl/α,β-unsaturated/α-hetero) is 1. The second-order valence-electron chi connectivity index (χ2n) is 5.25. The number of ether oxygens (including phenoxy) is 2. The molecule has 19 heavy (non-hydrogen) atoms. The third-order valence-corrected chi connectivity index (χ3v) is 3.73. The van der Waals surface area contributed by atoms with Crippen LogP contribution in [0.15, 0.2) is 12.1 Å². The van der Waals surface area contributed by atoms with Gasteiger partial charge in [0.25, 0.3) is 0 Å². The van der Waals surface area contributed by atoms with Crippen LogP contribution in [0.1, 0.15) is 47.2 Å². The van der Waals surface area contributed by atoms with Crippen molar-refractivity contribution in [3.05, 3.63) is 28.8 Å². The van der Waals surface area contributed by atoms with Gasteiger partial charge in [-0.3, -0.25) is 4.79 Å². The topological polar surface area (TPSA) is 35.5 Å². The van der Waals surface area contributed by atoms with E-state index in [4.69, 9.17) is 9.47 Å². The Morgan fingerprint density at radius 3 is 2.74 bits per heavy atom. The third-order valence-electron chi connectivity index (χ3n) is 3.73. The summed E-state index contributed by atoms with van der Waals surface area (Å²) in [6, 6.07) is 3.86. The number of rotatable bonds is 4. The van der Waals surface area contributed by atoms with Gasteiger partial charge in [0.2, 0.25) is 0 Å². The predicted molar refractivity (Wildman–Crippen MR) is 75.0 cm³/mol. The summed E-state index contributed by atoms with van der Waals surface area (Å²) in [7, 11) is 1.65. The molecule has 1 heterocycles. The maximum Gasteiger partial charge on any atom is 0.165 e. The molecular formula is C16H22O3. The number of hydrogen-bond donors (Lipinski definition) is 0. The van der Waals surface area contributed by atoms with Gasteiger partial charge in [-0.1, -0.05) is 0 Å². The van der Waals surface area contributed by atoms with Gasteiger partial charge < -0.3 is 9.47 Å². The van der Waals surface area contributed by atoms with Crippen LogP contribution in [-0.2, 0) is 4.74 Å². The first kappa shape index (κ1) is 14.1. The predicted octanol–water partition coefficient (Wildman–Crippen LogP) is 3.45. The maximum absolute atomic E-state index is 12.4. The maximum atomic E-state index is 12.4. The molecule has 1 atom stereocenters. The van der Waals surface area contributed by atoms with Crippen LogP contribution in [-0.4, -0.2) is 25.6 Å². The van der Waals surface area contributed by atoms with Gasteiger partial charge in [-0.05, 0) is 56.4 Å². The Balaban J connectivity index is 2.12. The van der Waals surface area contributed by atoms with Crippen LogP contribution in [0.5, 0.6) is 5.75 Å². The first-order valence-corrected chi connectivity index (χ1v) is 6.92. The second kappa shape index (κ2) is 6.20. The number of methoxy groups -OCH3 is 1. The van der Waals surface area contributed by atoms with Crippen LogP contribution < -0.4 is 4.74 Å². The highest BCUT2D eigenvalue weighted by molar-refractivity contribution is 5.98. The molecule has 3 nitrogen and oxygen atoms in total. The molecule has 2 rings (SSSR count). The van der Waals surface area contributed by atoms with Crippen LogP contribution in [0.25, 0.3) is 0 Å². The summed E-state index contributed by atoms with van der Waals surface area (Å²) in [6.07, 6.45) is 3.87. The molecule has 3 heteroatoms. The van der Waals surface area contributed by atoms with Crippen molar-refractivity contribution in [2.24, 2.45) is 0 Å². The molecule has 0 aromatic heterocycles. The van der Waals surface area contributed by atoms with E-state index in [-0.39, 0.29) is 11.9 Å². The van der Waals surface area contributed by atoms with Gasteiger partial charge in [-0.15, -0.1) is 0 Å². The Hall–Kier alpha value is -1.35. The summed E-state index contributed by atoms with van der Waals surface area (Å²) < 4.78 is 10.9. The second-order valence-corrected chi connectivity index (χ2v) is 5.25. The number of benzene rings is 1. The lowest BCUT2D eigenvalue weighted by Crippen LogP contribution is -2.22. The van der Waals surface area contributed by atoms with E-state index in [9.17, 15) is 4.79 Å². The van der Waals surface area contributed by atoms with E-state index in [1.54, 1.807) is 7.11 Å². The largest absolute Gasteiger partial charge is 0.496 e. The summed E-state index contributed by atoms with van der Waals surface area (Å²) in [5.41, 5.74) is 2.77. The normalized spacial score (nSPS) is 19.2. The summed E-state index contributed by atoms with van der Waals surface area (Å²) >= 11 is 0. The number of carbonyl (C=O) groups excluding carboxylic acids is 1. The van der Waals surface area contributed by atoms with E-state index in [1.165, 1.54) is 6.42 Å². The molecule has 1 saturated heterocycles. The van der Waals surface area contributed by atoms with E-state index in [0.29, 0.717) is 6.42 Å². The molecule has 0 spiro atoms. The average Bonchev–Trinajstić information content (AvgIpc) is 2.42. The lowest BCUT2D eigenvalue weighted by molar-refractivity contribution is 0.0129. The summed E-state index contributed by atoms with van der Waals surface area (Å²) in [4.78, 5) is 12.4. The smallest absolute Gasteiger partial charge is 0.165 e. The van der Waals surface area contributed by atoms with Crippen molar-refractivity contribution in [2.75, 3.05) is 13.7 Å². The molecule has 1 unspecified atom stereocenters. The monoisotopic (exact) mass is 262 g/mol. The highest BCUT2D eigenvalue weighted by Crippen LogP contribution is 2.25. The lowest BCUT2D eigenvalue weighted by Gasteiger charge is -2.22. The van der Waals surface area contributed by atoms with Gasteiger partial charge in [0.1, 0.15) is 5.75 Å². The van der Waals surface area contributed by atoms with Gasteiger partial charge in [0.05, 0.1) is 13.2 Å². The first-order valence-electron chi connectivity index (χ1n) is 6.92. The van der Waals surface area contributed by atoms with Gasteiger partial charge in [0.15, 0.2) is 5.78 Å². The lowest BCUT2D eigenvalue weighted by atomic mass is 9.95. The van der Waals surface area contributed by atoms with E-state index >= 15 is 0 Å². The standard InChI is InChI=1S/C16H22O3/c1-11-9-16(18-3)12(2)8-14(11)15(17)10-13-6-4-5-7-19-13/h8-9,13H,4-7,10H2,1-3H3. The number of ketones is 1. The van der Waals surface area contributed by atoms with E-state index in [0.717, 1.165) is 41.9 Å². The summed E-state index contributed by atoms with van der Waals surface area (Å²) in [5.74, 6) is 1.01. The van der Waals surface area contributed by atoms with Crippen molar-refractivity contribution in [3.8, 4) is 5.75 Å². The van der Waals surface area contributed by atoms with Crippen LogP contribution >= 0.6 is 0 Å². The van der Waals surface area contributed by atoms with Crippen molar-refractivity contribution in [3.63, 3.8) is 0 Å². The van der Waals surface area contributed by atoms with Gasteiger partial charge in [-0.25, -0.2) is 0 Å². The average molecular weight is 262 g/mol. The molecule has 1 aromatic rings. The molecule has 0 amide bonds. The molecule has 1 fully saturated rings. The quantitative estimate of drug-likeness (QED) is 0.780. The van der Waals surface area contributed by atoms with Crippen molar-refractivity contribution in [1.82, 2.24) is 0 Å². The molecule has 0 aliphatic carbocycles. The fourth-order valence-electron chi connectivity index (χ4n) is 2.60. The Morgan fingerprint density at radius 1 is 1.32 bits per heavy atom. The van der Waals surface area contributed by atoms with E-state index in [2.05, 4.69) is 0 Å². The minimum atomic E-state index is 0.100. The van der Waals surface area contributed by atoms with Gasteiger partial charge in [0, 0.05) is 18.6 Å². The van der Waals surface area contributed by atoms with Crippen molar-refractivity contribution >= 4 is 5.78 Å². The number of hydrogen-bond acceptors (Lipinski definition) is 3. The Kier molecular flexibility index (Phi) is 4.59. The highest BCUT2D eigenvalue weighted by Gasteiger charge is 2.20. The third kappa shape index (κ3) is 3.35. The highest BCUT2D eigenvalue weighted by atomic mass is 16.5. The molecule has 0 N–H and O–H groups in total. The molecular weight excluding hydrogens is 240 g/mol. The fraction of sp³-hybridized carbons (Fsp3) is 0.562.